The lowest BCUT2D eigenvalue weighted by molar-refractivity contribution is 0.475. The second kappa shape index (κ2) is 4.91. The zero-order valence-electron chi connectivity index (χ0n) is 8.08. The Kier molecular flexibility index (Phi) is 3.53. The number of nitrogens with zero attached hydrogens (tertiary/aromatic N) is 1. The molecule has 1 aromatic carbocycles. The lowest BCUT2D eigenvalue weighted by atomic mass is 10.3. The summed E-state index contributed by atoms with van der Waals surface area (Å²) in [7, 11) is 0. The van der Waals surface area contributed by atoms with Gasteiger partial charge in [0.25, 0.3) is 0 Å². The van der Waals surface area contributed by atoms with E-state index < -0.39 is 0 Å². The van der Waals surface area contributed by atoms with E-state index in [9.17, 15) is 5.11 Å². The van der Waals surface area contributed by atoms with Gasteiger partial charge in [-0.3, -0.25) is 0 Å². The van der Waals surface area contributed by atoms with Crippen LogP contribution in [0.5, 0.6) is 5.75 Å². The van der Waals surface area contributed by atoms with Gasteiger partial charge in [-0.1, -0.05) is 23.2 Å². The molecule has 2 rings (SSSR count). The first-order chi connectivity index (χ1) is 7.65. The molecule has 3 nitrogen and oxygen atoms in total. The number of hydrogen-bond donors (Lipinski definition) is 2. The van der Waals surface area contributed by atoms with Crippen LogP contribution in [0.4, 0.5) is 5.69 Å². The highest BCUT2D eigenvalue weighted by atomic mass is 35.5. The molecule has 0 fully saturated rings. The second-order valence-corrected chi connectivity index (χ2v) is 5.20. The molecule has 0 aliphatic rings. The molecule has 0 radical (unpaired) electrons. The average molecular weight is 275 g/mol. The summed E-state index contributed by atoms with van der Waals surface area (Å²) in [6.07, 6.45) is 1.72. The molecule has 0 aliphatic heterocycles. The summed E-state index contributed by atoms with van der Waals surface area (Å²) in [6, 6.07) is 4.97. The van der Waals surface area contributed by atoms with E-state index >= 15 is 0 Å². The molecular formula is C10H8Cl2N2OS. The number of thiazole rings is 1. The van der Waals surface area contributed by atoms with E-state index in [0.29, 0.717) is 16.0 Å². The van der Waals surface area contributed by atoms with Crippen molar-refractivity contribution in [1.29, 1.82) is 0 Å². The Labute approximate surface area is 107 Å². The van der Waals surface area contributed by atoms with E-state index in [1.54, 1.807) is 24.4 Å². The van der Waals surface area contributed by atoms with Gasteiger partial charge in [0, 0.05) is 16.8 Å². The normalized spacial score (nSPS) is 10.4. The Morgan fingerprint density at radius 2 is 2.19 bits per heavy atom. The second-order valence-electron chi connectivity index (χ2n) is 3.10. The maximum Gasteiger partial charge on any atom is 0.183 e. The summed E-state index contributed by atoms with van der Waals surface area (Å²) in [5.74, 6) is 0.0769. The summed E-state index contributed by atoms with van der Waals surface area (Å²) in [6.45, 7) is 0.630. The van der Waals surface area contributed by atoms with Gasteiger partial charge in [-0.25, -0.2) is 4.98 Å². The zero-order chi connectivity index (χ0) is 11.5. The number of aromatic nitrogens is 1. The van der Waals surface area contributed by atoms with E-state index in [-0.39, 0.29) is 5.75 Å². The van der Waals surface area contributed by atoms with Crippen LogP contribution in [-0.4, -0.2) is 10.1 Å². The van der Waals surface area contributed by atoms with Gasteiger partial charge in [-0.2, -0.15) is 0 Å². The van der Waals surface area contributed by atoms with Crippen molar-refractivity contribution in [3.63, 3.8) is 0 Å². The molecule has 0 bridgehead atoms. The van der Waals surface area contributed by atoms with E-state index in [4.69, 9.17) is 23.2 Å². The predicted octanol–water partition coefficient (Wildman–Crippen LogP) is 3.77. The van der Waals surface area contributed by atoms with Crippen molar-refractivity contribution in [2.24, 2.45) is 0 Å². The van der Waals surface area contributed by atoms with Crippen molar-refractivity contribution >= 4 is 40.2 Å². The Morgan fingerprint density at radius 3 is 2.81 bits per heavy atom. The van der Waals surface area contributed by atoms with Crippen LogP contribution < -0.4 is 5.32 Å². The number of anilines is 1. The maximum atomic E-state index is 9.25. The fourth-order valence-corrected chi connectivity index (χ4v) is 2.27. The van der Waals surface area contributed by atoms with Gasteiger partial charge in [0.05, 0.1) is 11.6 Å². The fourth-order valence-electron chi connectivity index (χ4n) is 1.17. The molecule has 0 saturated carbocycles. The van der Waals surface area contributed by atoms with Gasteiger partial charge in [0.1, 0.15) is 5.75 Å². The maximum absolute atomic E-state index is 9.25. The molecule has 0 atom stereocenters. The number of aromatic hydroxyl groups is 1. The lowest BCUT2D eigenvalue weighted by Crippen LogP contribution is -1.96. The minimum absolute atomic E-state index is 0.0769. The number of benzene rings is 1. The third-order valence-corrected chi connectivity index (χ3v) is 3.36. The number of halogens is 2. The molecule has 0 spiro atoms. The van der Waals surface area contributed by atoms with Crippen molar-refractivity contribution < 1.29 is 5.11 Å². The molecule has 2 aromatic rings. The lowest BCUT2D eigenvalue weighted by Gasteiger charge is -2.05. The van der Waals surface area contributed by atoms with Crippen molar-refractivity contribution in [3.8, 4) is 5.75 Å². The van der Waals surface area contributed by atoms with Crippen LogP contribution in [0.1, 0.15) is 4.88 Å². The Balaban J connectivity index is 2.02. The highest BCUT2D eigenvalue weighted by Gasteiger charge is 2.02. The molecule has 0 aliphatic carbocycles. The number of rotatable bonds is 3. The molecular weight excluding hydrogens is 267 g/mol. The largest absolute Gasteiger partial charge is 0.506 e. The van der Waals surface area contributed by atoms with Crippen LogP contribution >= 0.6 is 34.5 Å². The SMILES string of the molecule is Oc1ccc(NCc2cnc(Cl)s2)cc1Cl. The summed E-state index contributed by atoms with van der Waals surface area (Å²) in [5.41, 5.74) is 0.840. The third-order valence-electron chi connectivity index (χ3n) is 1.94. The standard InChI is InChI=1S/C10H8Cl2N2OS/c11-8-3-6(1-2-9(8)15)13-4-7-5-14-10(12)16-7/h1-3,5,13,15H,4H2. The first-order valence-corrected chi connectivity index (χ1v) is 6.05. The third kappa shape index (κ3) is 2.78. The van der Waals surface area contributed by atoms with Crippen LogP contribution in [0.3, 0.4) is 0 Å². The van der Waals surface area contributed by atoms with Crippen LogP contribution in [-0.2, 0) is 6.54 Å². The monoisotopic (exact) mass is 274 g/mol. The molecule has 2 N–H and O–H groups in total. The quantitative estimate of drug-likeness (QED) is 0.838. The van der Waals surface area contributed by atoms with Crippen LogP contribution in [0.15, 0.2) is 24.4 Å². The molecule has 1 aromatic heterocycles. The number of hydrogen-bond acceptors (Lipinski definition) is 4. The van der Waals surface area contributed by atoms with Crippen molar-refractivity contribution in [2.45, 2.75) is 6.54 Å². The highest BCUT2D eigenvalue weighted by molar-refractivity contribution is 7.15. The van der Waals surface area contributed by atoms with Crippen LogP contribution in [0.2, 0.25) is 9.49 Å². The van der Waals surface area contributed by atoms with Crippen LogP contribution in [0, 0.1) is 0 Å². The van der Waals surface area contributed by atoms with Gasteiger partial charge >= 0.3 is 0 Å². The number of phenolic OH excluding ortho intramolecular Hbond substituents is 1. The highest BCUT2D eigenvalue weighted by Crippen LogP contribution is 2.26. The Hall–Kier alpha value is -0.970. The first kappa shape index (κ1) is 11.5. The summed E-state index contributed by atoms with van der Waals surface area (Å²) >= 11 is 12.9. The summed E-state index contributed by atoms with van der Waals surface area (Å²) in [4.78, 5) is 4.97. The van der Waals surface area contributed by atoms with Gasteiger partial charge in [-0.15, -0.1) is 11.3 Å². The van der Waals surface area contributed by atoms with Crippen molar-refractivity contribution in [1.82, 2.24) is 4.98 Å². The van der Waals surface area contributed by atoms with Gasteiger partial charge in [-0.05, 0) is 18.2 Å². The van der Waals surface area contributed by atoms with E-state index in [0.717, 1.165) is 10.6 Å². The molecule has 16 heavy (non-hydrogen) atoms. The Morgan fingerprint density at radius 1 is 1.38 bits per heavy atom. The number of phenols is 1. The van der Waals surface area contributed by atoms with Crippen molar-refractivity contribution in [3.05, 3.63) is 38.8 Å². The molecule has 0 saturated heterocycles. The Bertz CT molecular complexity index is 501. The fraction of sp³-hybridized carbons (Fsp3) is 0.100. The van der Waals surface area contributed by atoms with Gasteiger partial charge in [0.2, 0.25) is 0 Å². The molecule has 84 valence electrons. The molecule has 6 heteroatoms. The van der Waals surface area contributed by atoms with E-state index in [1.807, 2.05) is 0 Å². The average Bonchev–Trinajstić information content (AvgIpc) is 2.66. The van der Waals surface area contributed by atoms with Gasteiger partial charge in [0.15, 0.2) is 4.47 Å². The predicted molar refractivity (Wildman–Crippen MR) is 67.6 cm³/mol. The van der Waals surface area contributed by atoms with E-state index in [2.05, 4.69) is 10.3 Å². The molecule has 0 amide bonds. The van der Waals surface area contributed by atoms with Crippen molar-refractivity contribution in [2.75, 3.05) is 5.32 Å². The summed E-state index contributed by atoms with van der Waals surface area (Å²) in [5, 5.41) is 12.7. The minimum atomic E-state index is 0.0769. The summed E-state index contributed by atoms with van der Waals surface area (Å²) < 4.78 is 0.528. The molecule has 0 unspecified atom stereocenters. The minimum Gasteiger partial charge on any atom is -0.506 e. The van der Waals surface area contributed by atoms with Crippen LogP contribution in [0.25, 0.3) is 0 Å². The number of nitrogens with one attached hydrogen (secondary N) is 1. The first-order valence-electron chi connectivity index (χ1n) is 4.48. The van der Waals surface area contributed by atoms with E-state index in [1.165, 1.54) is 11.3 Å². The van der Waals surface area contributed by atoms with Gasteiger partial charge < -0.3 is 10.4 Å². The zero-order valence-corrected chi connectivity index (χ0v) is 10.4. The molecule has 1 heterocycles. The smallest absolute Gasteiger partial charge is 0.183 e. The topological polar surface area (TPSA) is 45.1 Å².